The highest BCUT2D eigenvalue weighted by Gasteiger charge is 2.12. The molecule has 0 fully saturated rings. The molecule has 2 N–H and O–H groups in total. The van der Waals surface area contributed by atoms with E-state index < -0.39 is 12.0 Å². The highest BCUT2D eigenvalue weighted by molar-refractivity contribution is 7.75. The minimum absolute atomic E-state index is 0.347. The largest absolute Gasteiger partial charge is 0.468 e. The van der Waals surface area contributed by atoms with E-state index >= 15 is 0 Å². The molecule has 0 aromatic rings. The van der Waals surface area contributed by atoms with Crippen molar-refractivity contribution in [1.82, 2.24) is 0 Å². The number of carbonyl (C=O) groups is 1. The number of methoxy groups -OCH3 is 1. The van der Waals surface area contributed by atoms with Gasteiger partial charge in [0.25, 0.3) is 0 Å². The highest BCUT2D eigenvalue weighted by Crippen LogP contribution is 1.92. The van der Waals surface area contributed by atoms with Crippen LogP contribution in [0.4, 0.5) is 0 Å². The van der Waals surface area contributed by atoms with E-state index in [0.717, 1.165) is 0 Å². The van der Waals surface area contributed by atoms with E-state index in [0.29, 0.717) is 13.0 Å². The summed E-state index contributed by atoms with van der Waals surface area (Å²) < 4.78 is 8.78. The molecule has 0 aliphatic heterocycles. The summed E-state index contributed by atoms with van der Waals surface area (Å²) in [4.78, 5) is 10.6. The number of esters is 1. The molecule has 4 nitrogen and oxygen atoms in total. The van der Waals surface area contributed by atoms with Gasteiger partial charge in [-0.2, -0.15) is 0 Å². The molecule has 0 saturated heterocycles. The van der Waals surface area contributed by atoms with Crippen LogP contribution in [0.5, 0.6) is 0 Å². The molecule has 0 aromatic heterocycles. The normalized spacial score (nSPS) is 12.7. The van der Waals surface area contributed by atoms with Crippen molar-refractivity contribution in [3.63, 3.8) is 0 Å². The molecule has 1 unspecified atom stereocenters. The third kappa shape index (κ3) is 3.71. The Morgan fingerprint density at radius 2 is 2.40 bits per heavy atom. The standard InChI is InChI=1S/C5H11NO3S/c1-8-5(7)4(6)2-3-9-10/h4,10H,2-3,6H2,1H3. The SMILES string of the molecule is COC(=O)C(N)CCOS. The number of hydrogen-bond acceptors (Lipinski definition) is 5. The number of rotatable bonds is 4. The van der Waals surface area contributed by atoms with Gasteiger partial charge in [0.15, 0.2) is 0 Å². The van der Waals surface area contributed by atoms with E-state index in [4.69, 9.17) is 5.73 Å². The average molecular weight is 165 g/mol. The average Bonchev–Trinajstić information content (AvgIpc) is 1.98. The topological polar surface area (TPSA) is 61.5 Å². The van der Waals surface area contributed by atoms with Crippen LogP contribution in [-0.2, 0) is 13.7 Å². The van der Waals surface area contributed by atoms with Crippen LogP contribution in [0.2, 0.25) is 0 Å². The first-order chi connectivity index (χ1) is 4.72. The van der Waals surface area contributed by atoms with Crippen molar-refractivity contribution < 1.29 is 13.7 Å². The van der Waals surface area contributed by atoms with Gasteiger partial charge < -0.3 is 14.7 Å². The van der Waals surface area contributed by atoms with Crippen LogP contribution in [-0.4, -0.2) is 25.7 Å². The van der Waals surface area contributed by atoms with Gasteiger partial charge in [-0.25, -0.2) is 0 Å². The summed E-state index contributed by atoms with van der Waals surface area (Å²) in [5, 5.41) is 0. The molecule has 0 aliphatic rings. The zero-order chi connectivity index (χ0) is 7.98. The first-order valence-electron chi connectivity index (χ1n) is 2.82. The van der Waals surface area contributed by atoms with E-state index in [9.17, 15) is 4.79 Å². The number of thiol groups is 1. The van der Waals surface area contributed by atoms with Crippen molar-refractivity contribution in [3.05, 3.63) is 0 Å². The molecule has 0 aromatic carbocycles. The predicted molar refractivity (Wildman–Crippen MR) is 39.5 cm³/mol. The second-order valence-electron chi connectivity index (χ2n) is 1.75. The van der Waals surface area contributed by atoms with Crippen LogP contribution in [0, 0.1) is 0 Å². The van der Waals surface area contributed by atoms with E-state index in [1.807, 2.05) is 0 Å². The Morgan fingerprint density at radius 3 is 2.80 bits per heavy atom. The first kappa shape index (κ1) is 9.74. The summed E-state index contributed by atoms with van der Waals surface area (Å²) >= 11 is 3.49. The van der Waals surface area contributed by atoms with Crippen molar-refractivity contribution in [2.45, 2.75) is 12.5 Å². The van der Waals surface area contributed by atoms with Gasteiger partial charge >= 0.3 is 5.97 Å². The summed E-state index contributed by atoms with van der Waals surface area (Å²) in [6.07, 6.45) is 0.427. The van der Waals surface area contributed by atoms with Crippen LogP contribution < -0.4 is 5.73 Å². The van der Waals surface area contributed by atoms with Crippen LogP contribution in [0.3, 0.4) is 0 Å². The van der Waals surface area contributed by atoms with Gasteiger partial charge in [0, 0.05) is 0 Å². The Bertz CT molecular complexity index is 109. The molecular weight excluding hydrogens is 154 g/mol. The number of ether oxygens (including phenoxy) is 1. The van der Waals surface area contributed by atoms with Crippen LogP contribution in [0.15, 0.2) is 0 Å². The lowest BCUT2D eigenvalue weighted by atomic mass is 10.2. The van der Waals surface area contributed by atoms with E-state index in [1.54, 1.807) is 0 Å². The maximum atomic E-state index is 10.6. The van der Waals surface area contributed by atoms with Crippen LogP contribution in [0.25, 0.3) is 0 Å². The third-order valence-electron chi connectivity index (χ3n) is 1.02. The minimum Gasteiger partial charge on any atom is -0.468 e. The Labute approximate surface area is 65.3 Å². The molecule has 0 bridgehead atoms. The molecule has 1 atom stereocenters. The van der Waals surface area contributed by atoms with Gasteiger partial charge in [-0.1, -0.05) is 0 Å². The van der Waals surface area contributed by atoms with Crippen molar-refractivity contribution in [3.8, 4) is 0 Å². The molecule has 0 aliphatic carbocycles. The monoisotopic (exact) mass is 165 g/mol. The summed E-state index contributed by atoms with van der Waals surface area (Å²) in [5.74, 6) is -0.426. The number of hydrogen-bond donors (Lipinski definition) is 2. The summed E-state index contributed by atoms with van der Waals surface area (Å²) in [6, 6.07) is -0.600. The van der Waals surface area contributed by atoms with Gasteiger partial charge in [-0.05, 0) is 19.3 Å². The molecule has 0 radical (unpaired) electrons. The zero-order valence-corrected chi connectivity index (χ0v) is 6.64. The van der Waals surface area contributed by atoms with Gasteiger partial charge in [0.05, 0.1) is 13.7 Å². The van der Waals surface area contributed by atoms with Crippen molar-refractivity contribution in [1.29, 1.82) is 0 Å². The van der Waals surface area contributed by atoms with Gasteiger partial charge in [-0.15, -0.1) is 0 Å². The summed E-state index contributed by atoms with van der Waals surface area (Å²) in [6.45, 7) is 0.347. The van der Waals surface area contributed by atoms with Gasteiger partial charge in [-0.3, -0.25) is 4.79 Å². The van der Waals surface area contributed by atoms with Gasteiger partial charge in [0.2, 0.25) is 0 Å². The molecule has 0 spiro atoms. The molecule has 0 saturated carbocycles. The maximum absolute atomic E-state index is 10.6. The fourth-order valence-corrected chi connectivity index (χ4v) is 0.554. The lowest BCUT2D eigenvalue weighted by Gasteiger charge is -2.06. The number of carbonyl (C=O) groups excluding carboxylic acids is 1. The fraction of sp³-hybridized carbons (Fsp3) is 0.800. The molecule has 0 amide bonds. The molecule has 10 heavy (non-hydrogen) atoms. The lowest BCUT2D eigenvalue weighted by molar-refractivity contribution is -0.142. The van der Waals surface area contributed by atoms with Crippen molar-refractivity contribution in [2.75, 3.05) is 13.7 Å². The van der Waals surface area contributed by atoms with Crippen LogP contribution >= 0.6 is 12.9 Å². The lowest BCUT2D eigenvalue weighted by Crippen LogP contribution is -2.32. The van der Waals surface area contributed by atoms with Crippen molar-refractivity contribution in [2.24, 2.45) is 5.73 Å². The van der Waals surface area contributed by atoms with E-state index in [-0.39, 0.29) is 0 Å². The second-order valence-corrected chi connectivity index (χ2v) is 2.01. The molecule has 0 heterocycles. The Morgan fingerprint density at radius 1 is 1.80 bits per heavy atom. The third-order valence-corrected chi connectivity index (χ3v) is 1.21. The number of nitrogens with two attached hydrogens (primary N) is 1. The van der Waals surface area contributed by atoms with Crippen molar-refractivity contribution >= 4 is 18.9 Å². The van der Waals surface area contributed by atoms with E-state index in [1.165, 1.54) is 7.11 Å². The molecule has 5 heteroatoms. The van der Waals surface area contributed by atoms with Crippen LogP contribution in [0.1, 0.15) is 6.42 Å². The zero-order valence-electron chi connectivity index (χ0n) is 5.74. The molecule has 60 valence electrons. The Balaban J connectivity index is 3.41. The fourth-order valence-electron chi connectivity index (χ4n) is 0.449. The predicted octanol–water partition coefficient (Wildman–Crippen LogP) is -0.262. The Hall–Kier alpha value is -0.260. The van der Waals surface area contributed by atoms with E-state index in [2.05, 4.69) is 21.8 Å². The summed E-state index contributed by atoms with van der Waals surface area (Å²) in [5.41, 5.74) is 5.33. The molecular formula is C5H11NO3S. The minimum atomic E-state index is -0.600. The Kier molecular flexibility index (Phi) is 5.38. The first-order valence-corrected chi connectivity index (χ1v) is 3.18. The highest BCUT2D eigenvalue weighted by atomic mass is 32.1. The quantitative estimate of drug-likeness (QED) is 0.342. The summed E-state index contributed by atoms with van der Waals surface area (Å²) in [7, 11) is 1.30. The molecule has 0 rings (SSSR count). The van der Waals surface area contributed by atoms with Gasteiger partial charge in [0.1, 0.15) is 6.04 Å². The maximum Gasteiger partial charge on any atom is 0.322 e. The second kappa shape index (κ2) is 5.52. The smallest absolute Gasteiger partial charge is 0.322 e.